The van der Waals surface area contributed by atoms with Crippen LogP contribution < -0.4 is 4.90 Å². The van der Waals surface area contributed by atoms with Gasteiger partial charge in [0.15, 0.2) is 0 Å². The third-order valence-corrected chi connectivity index (χ3v) is 10.1. The Morgan fingerprint density at radius 2 is 1.24 bits per heavy atom. The van der Waals surface area contributed by atoms with Crippen LogP contribution >= 0.6 is 0 Å². The topological polar surface area (TPSA) is 34.0 Å². The number of rotatable bonds is 3. The molecule has 1 aliphatic rings. The van der Waals surface area contributed by atoms with Gasteiger partial charge in [-0.1, -0.05) is 133 Å². The highest BCUT2D eigenvalue weighted by molar-refractivity contribution is 6.21. The smallest absolute Gasteiger partial charge is 0.141 e. The maximum Gasteiger partial charge on any atom is 0.141 e. The zero-order valence-electron chi connectivity index (χ0n) is 27.8. The van der Waals surface area contributed by atoms with E-state index in [4.69, 9.17) is 9.97 Å². The minimum Gasteiger partial charge on any atom is -0.309 e. The molecule has 0 saturated heterocycles. The summed E-state index contributed by atoms with van der Waals surface area (Å²) < 4.78 is 2.42. The maximum atomic E-state index is 5.23. The third kappa shape index (κ3) is 4.18. The van der Waals surface area contributed by atoms with Crippen molar-refractivity contribution in [3.8, 4) is 39.5 Å². The van der Waals surface area contributed by atoms with Crippen LogP contribution in [0.3, 0.4) is 0 Å². The second-order valence-electron chi connectivity index (χ2n) is 13.1. The number of hydrogen-bond donors (Lipinski definition) is 0. The van der Waals surface area contributed by atoms with Crippen LogP contribution in [0.4, 0.5) is 17.1 Å². The molecule has 236 valence electrons. The Kier molecular flexibility index (Phi) is 6.27. The summed E-state index contributed by atoms with van der Waals surface area (Å²) in [6, 6.07) is 56.7. The highest BCUT2D eigenvalue weighted by Crippen LogP contribution is 2.56. The number of nitrogens with zero attached hydrogens (tertiary/aromatic N) is 4. The molecule has 0 amide bonds. The van der Waals surface area contributed by atoms with Gasteiger partial charge in [-0.3, -0.25) is 4.57 Å². The molecule has 0 aliphatic carbocycles. The molecule has 0 unspecified atom stereocenters. The summed E-state index contributed by atoms with van der Waals surface area (Å²) in [5, 5.41) is 6.02. The van der Waals surface area contributed by atoms with Crippen LogP contribution in [0.5, 0.6) is 0 Å². The number of benzene rings is 7. The van der Waals surface area contributed by atoms with Gasteiger partial charge in [0.25, 0.3) is 0 Å². The average molecular weight is 641 g/mol. The molecule has 0 fully saturated rings. The van der Waals surface area contributed by atoms with Gasteiger partial charge in [0.05, 0.1) is 28.3 Å². The molecule has 0 N–H and O–H groups in total. The molecule has 9 aromatic rings. The van der Waals surface area contributed by atoms with E-state index < -0.39 is 0 Å². The van der Waals surface area contributed by atoms with E-state index in [2.05, 4.69) is 168 Å². The van der Waals surface area contributed by atoms with Crippen molar-refractivity contribution in [2.75, 3.05) is 4.90 Å². The molecule has 0 radical (unpaired) electrons. The van der Waals surface area contributed by atoms with Crippen LogP contribution in [0.15, 0.2) is 158 Å². The van der Waals surface area contributed by atoms with E-state index in [1.165, 1.54) is 43.6 Å². The maximum absolute atomic E-state index is 5.23. The number of fused-ring (bicyclic) bond motifs is 11. The first-order chi connectivity index (χ1) is 24.7. The van der Waals surface area contributed by atoms with Crippen molar-refractivity contribution in [1.82, 2.24) is 14.5 Å². The summed E-state index contributed by atoms with van der Waals surface area (Å²) in [6.07, 6.45) is 0. The third-order valence-electron chi connectivity index (χ3n) is 10.1. The predicted octanol–water partition coefficient (Wildman–Crippen LogP) is 12.1. The van der Waals surface area contributed by atoms with Crippen molar-refractivity contribution >= 4 is 49.5 Å². The summed E-state index contributed by atoms with van der Waals surface area (Å²) in [5.41, 5.74) is 12.4. The molecule has 0 spiro atoms. The molecule has 0 bridgehead atoms. The highest BCUT2D eigenvalue weighted by atomic mass is 15.2. The molecule has 3 heterocycles. The first-order valence-corrected chi connectivity index (χ1v) is 17.1. The zero-order valence-corrected chi connectivity index (χ0v) is 27.8. The largest absolute Gasteiger partial charge is 0.309 e. The first kappa shape index (κ1) is 28.5. The van der Waals surface area contributed by atoms with Crippen LogP contribution in [0.1, 0.15) is 11.4 Å². The van der Waals surface area contributed by atoms with Crippen LogP contribution in [0, 0.1) is 13.8 Å². The van der Waals surface area contributed by atoms with Crippen LogP contribution in [-0.2, 0) is 0 Å². The fraction of sp³-hybridized carbons (Fsp3) is 0.0435. The first-order valence-electron chi connectivity index (χ1n) is 17.1. The van der Waals surface area contributed by atoms with Crippen molar-refractivity contribution in [1.29, 1.82) is 0 Å². The molecule has 1 aliphatic heterocycles. The minimum absolute atomic E-state index is 0.729. The Balaban J connectivity index is 1.45. The normalized spacial score (nSPS) is 12.2. The second-order valence-corrected chi connectivity index (χ2v) is 13.1. The van der Waals surface area contributed by atoms with Gasteiger partial charge in [-0.05, 0) is 48.4 Å². The van der Waals surface area contributed by atoms with E-state index in [-0.39, 0.29) is 0 Å². The van der Waals surface area contributed by atoms with Crippen LogP contribution in [-0.4, -0.2) is 14.5 Å². The lowest BCUT2D eigenvalue weighted by Gasteiger charge is -2.29. The number of anilines is 3. The number of hydrogen-bond acceptors (Lipinski definition) is 3. The van der Waals surface area contributed by atoms with Gasteiger partial charge in [-0.25, -0.2) is 9.97 Å². The Bertz CT molecular complexity index is 2780. The lowest BCUT2D eigenvalue weighted by atomic mass is 9.95. The Labute approximate surface area is 290 Å². The van der Waals surface area contributed by atoms with Gasteiger partial charge in [-0.2, -0.15) is 0 Å². The lowest BCUT2D eigenvalue weighted by Crippen LogP contribution is -2.12. The van der Waals surface area contributed by atoms with E-state index >= 15 is 0 Å². The summed E-state index contributed by atoms with van der Waals surface area (Å²) in [6.45, 7) is 4.19. The summed E-state index contributed by atoms with van der Waals surface area (Å²) in [5.74, 6) is 1.58. The van der Waals surface area contributed by atoms with Gasteiger partial charge in [-0.15, -0.1) is 0 Å². The molecule has 0 atom stereocenters. The van der Waals surface area contributed by atoms with E-state index in [0.29, 0.717) is 0 Å². The molecule has 2 aromatic heterocycles. The van der Waals surface area contributed by atoms with Crippen LogP contribution in [0.2, 0.25) is 0 Å². The zero-order chi connectivity index (χ0) is 33.3. The molecular formula is C46H32N4. The molecule has 4 nitrogen and oxygen atoms in total. The standard InChI is InChI=1S/C46H32N4/c1-29-14-13-22-36-34(29)26-27-38-43-37-21-11-12-23-41(37)49(33-18-7-4-8-19-33)44-35-20-10-9-15-31(35)24-25-39(44)46(43)50(45(36)38)42-28-40(47-30(2)48-42)32-16-5-3-6-17-32/h3-28H,1-2H3. The number of para-hydroxylation sites is 2. The minimum atomic E-state index is 0.729. The van der Waals surface area contributed by atoms with E-state index in [1.807, 2.05) is 13.0 Å². The Morgan fingerprint density at radius 1 is 0.520 bits per heavy atom. The fourth-order valence-corrected chi connectivity index (χ4v) is 8.01. The molecule has 50 heavy (non-hydrogen) atoms. The fourth-order valence-electron chi connectivity index (χ4n) is 8.01. The van der Waals surface area contributed by atoms with Crippen LogP contribution in [0.25, 0.3) is 71.9 Å². The quantitative estimate of drug-likeness (QED) is 0.193. The van der Waals surface area contributed by atoms with Crippen molar-refractivity contribution in [3.63, 3.8) is 0 Å². The van der Waals surface area contributed by atoms with E-state index in [0.717, 1.165) is 56.7 Å². The highest BCUT2D eigenvalue weighted by Gasteiger charge is 2.33. The predicted molar refractivity (Wildman–Crippen MR) is 208 cm³/mol. The van der Waals surface area contributed by atoms with Crippen molar-refractivity contribution in [2.24, 2.45) is 0 Å². The molecule has 7 aromatic carbocycles. The van der Waals surface area contributed by atoms with Gasteiger partial charge in [0.1, 0.15) is 11.6 Å². The summed E-state index contributed by atoms with van der Waals surface area (Å²) in [7, 11) is 0. The van der Waals surface area contributed by atoms with Gasteiger partial charge in [0.2, 0.25) is 0 Å². The number of aromatic nitrogens is 3. The van der Waals surface area contributed by atoms with Gasteiger partial charge < -0.3 is 4.90 Å². The average Bonchev–Trinajstić information content (AvgIpc) is 3.45. The SMILES string of the molecule is Cc1nc(-c2ccccc2)cc(-n2c3c(c4ccc5c(C)cccc5c42)-c2ccccc2N(c2ccccc2)c2c-3ccc3ccccc23)n1. The molecule has 4 heteroatoms. The molecule has 10 rings (SSSR count). The molecular weight excluding hydrogens is 609 g/mol. The van der Waals surface area contributed by atoms with Gasteiger partial charge in [0, 0.05) is 50.2 Å². The Morgan fingerprint density at radius 3 is 2.10 bits per heavy atom. The summed E-state index contributed by atoms with van der Waals surface area (Å²) in [4.78, 5) is 12.6. The van der Waals surface area contributed by atoms with Gasteiger partial charge >= 0.3 is 0 Å². The van der Waals surface area contributed by atoms with Crippen molar-refractivity contribution < 1.29 is 0 Å². The monoisotopic (exact) mass is 640 g/mol. The molecule has 0 saturated carbocycles. The summed E-state index contributed by atoms with van der Waals surface area (Å²) >= 11 is 0. The van der Waals surface area contributed by atoms with E-state index in [9.17, 15) is 0 Å². The van der Waals surface area contributed by atoms with E-state index in [1.54, 1.807) is 0 Å². The lowest BCUT2D eigenvalue weighted by molar-refractivity contribution is 0.974. The van der Waals surface area contributed by atoms with Crippen molar-refractivity contribution in [2.45, 2.75) is 13.8 Å². The van der Waals surface area contributed by atoms with Crippen molar-refractivity contribution in [3.05, 3.63) is 169 Å². The second kappa shape index (κ2) is 11.0. The Hall–Kier alpha value is -6.52. The number of aryl methyl sites for hydroxylation is 2.